The van der Waals surface area contributed by atoms with E-state index in [0.29, 0.717) is 18.0 Å². The minimum atomic E-state index is -0.499. The summed E-state index contributed by atoms with van der Waals surface area (Å²) in [5.74, 6) is 0. The molecule has 0 spiro atoms. The van der Waals surface area contributed by atoms with Gasteiger partial charge in [-0.2, -0.15) is 0 Å². The van der Waals surface area contributed by atoms with Crippen molar-refractivity contribution in [3.8, 4) is 0 Å². The summed E-state index contributed by atoms with van der Waals surface area (Å²) in [5.41, 5.74) is 1.24. The molecule has 4 nitrogen and oxygen atoms in total. The Morgan fingerprint density at radius 1 is 1.29 bits per heavy atom. The predicted molar refractivity (Wildman–Crippen MR) is 86.7 cm³/mol. The Morgan fingerprint density at radius 3 is 2.43 bits per heavy atom. The van der Waals surface area contributed by atoms with E-state index in [1.165, 1.54) is 0 Å². The van der Waals surface area contributed by atoms with Crippen LogP contribution in [0.1, 0.15) is 45.7 Å². The van der Waals surface area contributed by atoms with Gasteiger partial charge in [0.15, 0.2) is 0 Å². The Morgan fingerprint density at radius 2 is 1.90 bits per heavy atom. The lowest BCUT2D eigenvalue weighted by Gasteiger charge is -2.19. The normalized spacial score (nSPS) is 10.4. The highest BCUT2D eigenvalue weighted by Crippen LogP contribution is 2.16. The number of alkyl carbamates (subject to hydrolysis) is 1. The molecule has 2 N–H and O–H groups in total. The van der Waals surface area contributed by atoms with Gasteiger partial charge in [-0.05, 0) is 50.5 Å². The Hall–Kier alpha value is -1.26. The molecule has 0 fully saturated rings. The van der Waals surface area contributed by atoms with E-state index >= 15 is 0 Å². The van der Waals surface area contributed by atoms with E-state index in [0.717, 1.165) is 11.1 Å². The van der Waals surface area contributed by atoms with Crippen LogP contribution in [0.4, 0.5) is 4.79 Å². The molecule has 1 aromatic rings. The third-order valence-electron chi connectivity index (χ3n) is 2.40. The van der Waals surface area contributed by atoms with Crippen molar-refractivity contribution in [1.82, 2.24) is 5.32 Å². The van der Waals surface area contributed by atoms with Crippen molar-refractivity contribution in [2.45, 2.75) is 53.2 Å². The number of halogens is 1. The molecule has 0 saturated heterocycles. The van der Waals surface area contributed by atoms with E-state index in [1.807, 2.05) is 40.7 Å². The summed E-state index contributed by atoms with van der Waals surface area (Å²) < 4.78 is 5.13. The van der Waals surface area contributed by atoms with Crippen LogP contribution in [0, 0.1) is 0 Å². The van der Waals surface area contributed by atoms with Crippen LogP contribution in [-0.2, 0) is 17.8 Å². The number of hydrogen-bond acceptors (Lipinski definition) is 3. The molecular formula is C16H26ClNO3. The van der Waals surface area contributed by atoms with Crippen LogP contribution < -0.4 is 5.32 Å². The number of aliphatic hydroxyl groups is 1. The van der Waals surface area contributed by atoms with Gasteiger partial charge >= 0.3 is 6.09 Å². The molecule has 1 aromatic carbocycles. The maximum Gasteiger partial charge on any atom is 0.407 e. The van der Waals surface area contributed by atoms with Gasteiger partial charge in [-0.1, -0.05) is 31.5 Å². The highest BCUT2D eigenvalue weighted by atomic mass is 35.5. The van der Waals surface area contributed by atoms with Gasteiger partial charge < -0.3 is 15.2 Å². The van der Waals surface area contributed by atoms with E-state index in [4.69, 9.17) is 16.3 Å². The molecule has 1 rings (SSSR count). The summed E-state index contributed by atoms with van der Waals surface area (Å²) in [4.78, 5) is 11.5. The molecule has 1 amide bonds. The van der Waals surface area contributed by atoms with Gasteiger partial charge in [0.25, 0.3) is 0 Å². The molecule has 0 heterocycles. The van der Waals surface area contributed by atoms with Gasteiger partial charge in [0.1, 0.15) is 5.60 Å². The Labute approximate surface area is 132 Å². The Kier molecular flexibility index (Phi) is 9.06. The number of hydrogen-bond donors (Lipinski definition) is 2. The van der Waals surface area contributed by atoms with Crippen molar-refractivity contribution < 1.29 is 14.6 Å². The van der Waals surface area contributed by atoms with Gasteiger partial charge in [0, 0.05) is 11.6 Å². The lowest BCUT2D eigenvalue weighted by atomic mass is 10.1. The average molecular weight is 316 g/mol. The summed E-state index contributed by atoms with van der Waals surface area (Å²) >= 11 is 5.85. The number of nitrogens with one attached hydrogen (secondary N) is 1. The van der Waals surface area contributed by atoms with Crippen molar-refractivity contribution in [3.05, 3.63) is 34.3 Å². The zero-order valence-corrected chi connectivity index (χ0v) is 14.3. The van der Waals surface area contributed by atoms with Gasteiger partial charge in [-0.3, -0.25) is 0 Å². The van der Waals surface area contributed by atoms with E-state index in [2.05, 4.69) is 5.32 Å². The first-order chi connectivity index (χ1) is 9.81. The number of amides is 1. The average Bonchev–Trinajstić information content (AvgIpc) is 2.40. The maximum absolute atomic E-state index is 11.5. The maximum atomic E-state index is 11.5. The third-order valence-corrected chi connectivity index (χ3v) is 2.64. The molecule has 5 heteroatoms. The molecule has 0 aliphatic carbocycles. The lowest BCUT2D eigenvalue weighted by molar-refractivity contribution is 0.0528. The van der Waals surface area contributed by atoms with Crippen LogP contribution in [0.5, 0.6) is 0 Å². The summed E-state index contributed by atoms with van der Waals surface area (Å²) in [6.07, 6.45) is 0.179. The minimum Gasteiger partial charge on any atom is -0.444 e. The Bertz CT molecular complexity index is 442. The van der Waals surface area contributed by atoms with Crippen molar-refractivity contribution in [3.63, 3.8) is 0 Å². The van der Waals surface area contributed by atoms with Crippen LogP contribution in [0.15, 0.2) is 18.2 Å². The van der Waals surface area contributed by atoms with Gasteiger partial charge in [0.05, 0.1) is 6.61 Å². The molecule has 0 aromatic heterocycles. The van der Waals surface area contributed by atoms with Crippen molar-refractivity contribution in [1.29, 1.82) is 0 Å². The first kappa shape index (κ1) is 19.7. The number of carbonyl (C=O) groups excluding carboxylic acids is 1. The lowest BCUT2D eigenvalue weighted by Crippen LogP contribution is -2.33. The smallest absolute Gasteiger partial charge is 0.407 e. The minimum absolute atomic E-state index is 0.0671. The number of aliphatic hydroxyl groups excluding tert-OH is 1. The summed E-state index contributed by atoms with van der Waals surface area (Å²) in [5, 5.41) is 12.5. The molecule has 0 aliphatic heterocycles. The SMILES string of the molecule is CC.CC(C)(C)OC(=O)NCCc1ccc(Cl)cc1CO. The molecule has 0 unspecified atom stereocenters. The predicted octanol–water partition coefficient (Wildman–Crippen LogP) is 3.93. The molecule has 0 radical (unpaired) electrons. The second-order valence-electron chi connectivity index (χ2n) is 5.25. The molecule has 0 aliphatic rings. The quantitative estimate of drug-likeness (QED) is 0.885. The monoisotopic (exact) mass is 315 g/mol. The zero-order valence-electron chi connectivity index (χ0n) is 13.5. The first-order valence-corrected chi connectivity index (χ1v) is 7.54. The van der Waals surface area contributed by atoms with Crippen LogP contribution in [0.2, 0.25) is 5.02 Å². The van der Waals surface area contributed by atoms with Crippen LogP contribution in [0.25, 0.3) is 0 Å². The summed E-state index contributed by atoms with van der Waals surface area (Å²) in [7, 11) is 0. The molecule has 120 valence electrons. The summed E-state index contributed by atoms with van der Waals surface area (Å²) in [6, 6.07) is 5.35. The topological polar surface area (TPSA) is 58.6 Å². The van der Waals surface area contributed by atoms with E-state index in [9.17, 15) is 9.90 Å². The fraction of sp³-hybridized carbons (Fsp3) is 0.562. The number of benzene rings is 1. The van der Waals surface area contributed by atoms with Gasteiger partial charge in [-0.15, -0.1) is 0 Å². The fourth-order valence-corrected chi connectivity index (χ4v) is 1.79. The van der Waals surface area contributed by atoms with E-state index in [1.54, 1.807) is 12.1 Å². The fourth-order valence-electron chi connectivity index (χ4n) is 1.60. The second kappa shape index (κ2) is 9.64. The number of carbonyl (C=O) groups is 1. The van der Waals surface area contributed by atoms with Crippen molar-refractivity contribution >= 4 is 17.7 Å². The Balaban J connectivity index is 0.00000191. The zero-order chi connectivity index (χ0) is 16.5. The summed E-state index contributed by atoms with van der Waals surface area (Å²) in [6.45, 7) is 9.83. The van der Waals surface area contributed by atoms with E-state index in [-0.39, 0.29) is 6.61 Å². The highest BCUT2D eigenvalue weighted by Gasteiger charge is 2.15. The van der Waals surface area contributed by atoms with Crippen LogP contribution >= 0.6 is 11.6 Å². The van der Waals surface area contributed by atoms with Gasteiger partial charge in [0.2, 0.25) is 0 Å². The third kappa shape index (κ3) is 8.58. The highest BCUT2D eigenvalue weighted by molar-refractivity contribution is 6.30. The first-order valence-electron chi connectivity index (χ1n) is 7.17. The van der Waals surface area contributed by atoms with Crippen LogP contribution in [-0.4, -0.2) is 23.3 Å². The van der Waals surface area contributed by atoms with Gasteiger partial charge in [-0.25, -0.2) is 4.79 Å². The molecular weight excluding hydrogens is 290 g/mol. The van der Waals surface area contributed by atoms with E-state index < -0.39 is 11.7 Å². The molecule has 0 saturated carbocycles. The van der Waals surface area contributed by atoms with Crippen molar-refractivity contribution in [2.24, 2.45) is 0 Å². The molecule has 21 heavy (non-hydrogen) atoms. The molecule has 0 bridgehead atoms. The van der Waals surface area contributed by atoms with Crippen LogP contribution in [0.3, 0.4) is 0 Å². The number of ether oxygens (including phenoxy) is 1. The molecule has 0 atom stereocenters. The number of rotatable bonds is 4. The largest absolute Gasteiger partial charge is 0.444 e. The standard InChI is InChI=1S/C14H20ClNO3.C2H6/c1-14(2,3)19-13(18)16-7-6-10-4-5-12(15)8-11(10)9-17;1-2/h4-5,8,17H,6-7,9H2,1-3H3,(H,16,18);1-2H3. The second-order valence-corrected chi connectivity index (χ2v) is 5.69. The van der Waals surface area contributed by atoms with Crippen molar-refractivity contribution in [2.75, 3.05) is 6.54 Å².